The molecule has 1 aromatic heterocycles. The SMILES string of the molecule is COc1ccc(C2C(=C(O)c3ccc4c(c3)OCCO4)C(=O)C(=O)N2Cc2ccncc2)cc1. The van der Waals surface area contributed by atoms with E-state index in [1.165, 1.54) is 4.90 Å². The molecule has 2 aliphatic heterocycles. The van der Waals surface area contributed by atoms with Crippen LogP contribution in [0.3, 0.4) is 0 Å². The Kier molecular flexibility index (Phi) is 5.63. The predicted molar refractivity (Wildman–Crippen MR) is 123 cm³/mol. The number of pyridine rings is 1. The highest BCUT2D eigenvalue weighted by Gasteiger charge is 2.46. The molecule has 3 heterocycles. The lowest BCUT2D eigenvalue weighted by Gasteiger charge is -2.25. The maximum Gasteiger partial charge on any atom is 0.295 e. The molecule has 1 N–H and O–H groups in total. The summed E-state index contributed by atoms with van der Waals surface area (Å²) >= 11 is 0. The van der Waals surface area contributed by atoms with Gasteiger partial charge in [0, 0.05) is 24.5 Å². The molecule has 34 heavy (non-hydrogen) atoms. The van der Waals surface area contributed by atoms with Crippen LogP contribution < -0.4 is 14.2 Å². The fourth-order valence-electron chi connectivity index (χ4n) is 4.21. The van der Waals surface area contributed by atoms with Gasteiger partial charge >= 0.3 is 0 Å². The second kappa shape index (κ2) is 8.90. The van der Waals surface area contributed by atoms with Crippen LogP contribution in [-0.4, -0.2) is 47.0 Å². The number of hydrogen-bond acceptors (Lipinski definition) is 7. The summed E-state index contributed by atoms with van der Waals surface area (Å²) in [6.07, 6.45) is 3.26. The van der Waals surface area contributed by atoms with Crippen LogP contribution in [0, 0.1) is 0 Å². The molecular formula is C26H22N2O6. The molecule has 0 bridgehead atoms. The molecule has 1 atom stereocenters. The molecule has 1 amide bonds. The zero-order chi connectivity index (χ0) is 23.7. The van der Waals surface area contributed by atoms with Crippen LogP contribution in [0.2, 0.25) is 0 Å². The molecule has 1 unspecified atom stereocenters. The van der Waals surface area contributed by atoms with Crippen molar-refractivity contribution >= 4 is 17.4 Å². The van der Waals surface area contributed by atoms with E-state index in [2.05, 4.69) is 4.98 Å². The number of rotatable bonds is 5. The van der Waals surface area contributed by atoms with E-state index < -0.39 is 17.7 Å². The topological polar surface area (TPSA) is 98.2 Å². The Morgan fingerprint density at radius 2 is 1.74 bits per heavy atom. The van der Waals surface area contributed by atoms with Crippen LogP contribution in [0.15, 0.2) is 72.6 Å². The summed E-state index contributed by atoms with van der Waals surface area (Å²) in [6.45, 7) is 1.01. The highest BCUT2D eigenvalue weighted by Crippen LogP contribution is 2.42. The van der Waals surface area contributed by atoms with Gasteiger partial charge in [-0.25, -0.2) is 0 Å². The molecule has 5 rings (SSSR count). The van der Waals surface area contributed by atoms with Crippen LogP contribution in [0.4, 0.5) is 0 Å². The highest BCUT2D eigenvalue weighted by molar-refractivity contribution is 6.46. The maximum absolute atomic E-state index is 13.2. The number of ether oxygens (including phenoxy) is 3. The molecule has 8 nitrogen and oxygen atoms in total. The number of aliphatic hydroxyl groups is 1. The van der Waals surface area contributed by atoms with Crippen LogP contribution in [0.5, 0.6) is 17.2 Å². The van der Waals surface area contributed by atoms with Gasteiger partial charge < -0.3 is 24.2 Å². The minimum atomic E-state index is -0.785. The van der Waals surface area contributed by atoms with Crippen molar-refractivity contribution in [2.45, 2.75) is 12.6 Å². The number of benzene rings is 2. The smallest absolute Gasteiger partial charge is 0.295 e. The summed E-state index contributed by atoms with van der Waals surface area (Å²) in [5.41, 5.74) is 1.87. The highest BCUT2D eigenvalue weighted by atomic mass is 16.6. The maximum atomic E-state index is 13.2. The average Bonchev–Trinajstić information content (AvgIpc) is 3.13. The molecule has 8 heteroatoms. The van der Waals surface area contributed by atoms with Gasteiger partial charge in [0.25, 0.3) is 11.7 Å². The number of nitrogens with zero attached hydrogens (tertiary/aromatic N) is 2. The zero-order valence-electron chi connectivity index (χ0n) is 18.4. The second-order valence-corrected chi connectivity index (χ2v) is 7.91. The Labute approximate surface area is 196 Å². The van der Waals surface area contributed by atoms with Crippen molar-refractivity contribution in [1.82, 2.24) is 9.88 Å². The average molecular weight is 458 g/mol. The van der Waals surface area contributed by atoms with E-state index in [0.717, 1.165) is 5.56 Å². The number of Topliss-reactive ketones (excluding diaryl/α,β-unsaturated/α-hetero) is 1. The van der Waals surface area contributed by atoms with E-state index in [-0.39, 0.29) is 17.9 Å². The molecule has 1 saturated heterocycles. The minimum absolute atomic E-state index is 0.0147. The number of carbonyl (C=O) groups is 2. The van der Waals surface area contributed by atoms with Crippen LogP contribution >= 0.6 is 0 Å². The third-order valence-corrected chi connectivity index (χ3v) is 5.89. The quantitative estimate of drug-likeness (QED) is 0.355. The Morgan fingerprint density at radius 1 is 1.03 bits per heavy atom. The minimum Gasteiger partial charge on any atom is -0.507 e. The van der Waals surface area contributed by atoms with E-state index in [1.807, 2.05) is 0 Å². The summed E-state index contributed by atoms with van der Waals surface area (Å²) in [7, 11) is 1.56. The predicted octanol–water partition coefficient (Wildman–Crippen LogP) is 3.48. The fourth-order valence-corrected chi connectivity index (χ4v) is 4.21. The lowest BCUT2D eigenvalue weighted by Crippen LogP contribution is -2.29. The molecule has 3 aromatic rings. The molecule has 2 aromatic carbocycles. The van der Waals surface area contributed by atoms with Gasteiger partial charge in [-0.15, -0.1) is 0 Å². The Bertz CT molecular complexity index is 1270. The largest absolute Gasteiger partial charge is 0.507 e. The molecule has 0 spiro atoms. The number of aromatic nitrogens is 1. The Morgan fingerprint density at radius 3 is 2.44 bits per heavy atom. The van der Waals surface area contributed by atoms with Crippen LogP contribution in [0.25, 0.3) is 5.76 Å². The van der Waals surface area contributed by atoms with Gasteiger partial charge in [-0.3, -0.25) is 14.6 Å². The first-order chi connectivity index (χ1) is 16.6. The molecule has 2 aliphatic rings. The monoisotopic (exact) mass is 458 g/mol. The van der Waals surface area contributed by atoms with Crippen LogP contribution in [-0.2, 0) is 16.1 Å². The number of likely N-dealkylation sites (tertiary alicyclic amines) is 1. The number of fused-ring (bicyclic) bond motifs is 1. The van der Waals surface area contributed by atoms with Crippen LogP contribution in [0.1, 0.15) is 22.7 Å². The van der Waals surface area contributed by atoms with Gasteiger partial charge in [0.15, 0.2) is 11.5 Å². The third-order valence-electron chi connectivity index (χ3n) is 5.89. The van der Waals surface area contributed by atoms with Gasteiger partial charge in [-0.05, 0) is 53.6 Å². The fraction of sp³-hybridized carbons (Fsp3) is 0.192. The van der Waals surface area contributed by atoms with E-state index in [0.29, 0.717) is 41.6 Å². The second-order valence-electron chi connectivity index (χ2n) is 7.91. The van der Waals surface area contributed by atoms with Crippen molar-refractivity contribution < 1.29 is 28.9 Å². The number of aliphatic hydroxyl groups excluding tert-OH is 1. The molecule has 0 radical (unpaired) electrons. The van der Waals surface area contributed by atoms with E-state index in [4.69, 9.17) is 14.2 Å². The zero-order valence-corrected chi connectivity index (χ0v) is 18.4. The summed E-state index contributed by atoms with van der Waals surface area (Å²) in [4.78, 5) is 31.8. The molecular weight excluding hydrogens is 436 g/mol. The third kappa shape index (κ3) is 3.83. The van der Waals surface area contributed by atoms with Gasteiger partial charge in [-0.1, -0.05) is 12.1 Å². The van der Waals surface area contributed by atoms with Gasteiger partial charge in [0.2, 0.25) is 0 Å². The van der Waals surface area contributed by atoms with E-state index in [9.17, 15) is 14.7 Å². The van der Waals surface area contributed by atoms with Crippen molar-refractivity contribution in [3.63, 3.8) is 0 Å². The number of ketones is 1. The van der Waals surface area contributed by atoms with Crippen molar-refractivity contribution in [3.8, 4) is 17.2 Å². The lowest BCUT2D eigenvalue weighted by molar-refractivity contribution is -0.140. The van der Waals surface area contributed by atoms with E-state index in [1.54, 1.807) is 74.1 Å². The molecule has 0 aliphatic carbocycles. The Balaban J connectivity index is 1.62. The number of amides is 1. The number of hydrogen-bond donors (Lipinski definition) is 1. The molecule has 172 valence electrons. The summed E-state index contributed by atoms with van der Waals surface area (Å²) in [5, 5.41) is 11.3. The summed E-state index contributed by atoms with van der Waals surface area (Å²) in [5.74, 6) is -0.0241. The summed E-state index contributed by atoms with van der Waals surface area (Å²) < 4.78 is 16.4. The first-order valence-electron chi connectivity index (χ1n) is 10.8. The van der Waals surface area contributed by atoms with Crippen molar-refractivity contribution in [2.75, 3.05) is 20.3 Å². The number of methoxy groups -OCH3 is 1. The van der Waals surface area contributed by atoms with Crippen molar-refractivity contribution in [3.05, 3.63) is 89.3 Å². The molecule has 0 saturated carbocycles. The number of carbonyl (C=O) groups excluding carboxylic acids is 2. The van der Waals surface area contributed by atoms with Crippen molar-refractivity contribution in [1.29, 1.82) is 0 Å². The normalized spacial score (nSPS) is 18.7. The first-order valence-corrected chi connectivity index (χ1v) is 10.8. The lowest BCUT2D eigenvalue weighted by atomic mass is 9.95. The van der Waals surface area contributed by atoms with Gasteiger partial charge in [0.05, 0.1) is 18.7 Å². The van der Waals surface area contributed by atoms with Gasteiger partial charge in [-0.2, -0.15) is 0 Å². The van der Waals surface area contributed by atoms with Gasteiger partial charge in [0.1, 0.15) is 24.7 Å². The first kappa shape index (κ1) is 21.5. The Hall–Kier alpha value is -4.33. The van der Waals surface area contributed by atoms with E-state index >= 15 is 0 Å². The summed E-state index contributed by atoms with van der Waals surface area (Å²) in [6, 6.07) is 14.8. The van der Waals surface area contributed by atoms with Crippen molar-refractivity contribution in [2.24, 2.45) is 0 Å². The standard InChI is InChI=1S/C26H22N2O6/c1-32-19-5-2-17(3-6-19)23-22(24(29)18-4-7-20-21(14-18)34-13-12-33-20)25(30)26(31)28(23)15-16-8-10-27-11-9-16/h2-11,14,23,29H,12-13,15H2,1H3. The molecule has 1 fully saturated rings.